The summed E-state index contributed by atoms with van der Waals surface area (Å²) in [4.78, 5) is 21.0. The first-order valence-corrected chi connectivity index (χ1v) is 12.6. The van der Waals surface area contributed by atoms with Crippen LogP contribution < -0.4 is 10.0 Å². The van der Waals surface area contributed by atoms with Crippen LogP contribution in [0.3, 0.4) is 0 Å². The van der Waals surface area contributed by atoms with E-state index < -0.39 is 10.0 Å². The number of aromatic amines is 1. The van der Waals surface area contributed by atoms with Crippen molar-refractivity contribution in [2.75, 3.05) is 4.72 Å². The monoisotopic (exact) mass is 468 g/mol. The third kappa shape index (κ3) is 5.00. The van der Waals surface area contributed by atoms with Crippen LogP contribution in [0.25, 0.3) is 11.0 Å². The van der Waals surface area contributed by atoms with Gasteiger partial charge in [0, 0.05) is 11.3 Å². The Labute approximate surface area is 191 Å². The zero-order valence-electron chi connectivity index (χ0n) is 17.7. The molecule has 2 aromatic carbocycles. The number of para-hydroxylation sites is 2. The van der Waals surface area contributed by atoms with Crippen molar-refractivity contribution in [3.8, 4) is 0 Å². The molecular formula is C23H24N4O3S2. The molecule has 4 aromatic rings. The van der Waals surface area contributed by atoms with Gasteiger partial charge in [0.2, 0.25) is 0 Å². The largest absolute Gasteiger partial charge is 0.342 e. The molecule has 1 atom stereocenters. The zero-order chi connectivity index (χ0) is 22.7. The molecule has 1 unspecified atom stereocenters. The number of aromatic nitrogens is 2. The second-order valence-electron chi connectivity index (χ2n) is 7.91. The Bertz CT molecular complexity index is 1300. The number of benzene rings is 2. The van der Waals surface area contributed by atoms with Gasteiger partial charge in [-0.1, -0.05) is 38.1 Å². The van der Waals surface area contributed by atoms with Crippen molar-refractivity contribution in [3.63, 3.8) is 0 Å². The van der Waals surface area contributed by atoms with Crippen molar-refractivity contribution >= 4 is 44.0 Å². The number of fused-ring (bicyclic) bond motifs is 1. The molecule has 0 spiro atoms. The van der Waals surface area contributed by atoms with E-state index in [1.807, 2.05) is 24.3 Å². The first-order valence-electron chi connectivity index (χ1n) is 10.2. The summed E-state index contributed by atoms with van der Waals surface area (Å²) in [5, 5.41) is 4.75. The molecule has 0 radical (unpaired) electrons. The molecule has 3 N–H and O–H groups in total. The van der Waals surface area contributed by atoms with Gasteiger partial charge in [0.15, 0.2) is 0 Å². The summed E-state index contributed by atoms with van der Waals surface area (Å²) in [6, 6.07) is 17.1. The molecule has 32 heavy (non-hydrogen) atoms. The topological polar surface area (TPSA) is 104 Å². The van der Waals surface area contributed by atoms with Gasteiger partial charge >= 0.3 is 0 Å². The van der Waals surface area contributed by atoms with Crippen molar-refractivity contribution in [3.05, 3.63) is 77.4 Å². The number of nitrogens with one attached hydrogen (secondary N) is 3. The van der Waals surface area contributed by atoms with Crippen molar-refractivity contribution in [2.24, 2.45) is 5.92 Å². The predicted octanol–water partition coefficient (Wildman–Crippen LogP) is 4.94. The van der Waals surface area contributed by atoms with Crippen LogP contribution in [0.5, 0.6) is 0 Å². The average molecular weight is 469 g/mol. The maximum Gasteiger partial charge on any atom is 0.271 e. The van der Waals surface area contributed by atoms with Gasteiger partial charge in [-0.3, -0.25) is 9.52 Å². The smallest absolute Gasteiger partial charge is 0.271 e. The Kier molecular flexibility index (Phi) is 6.29. The number of carbonyl (C=O) groups excluding carboxylic acids is 1. The lowest BCUT2D eigenvalue weighted by atomic mass is 10.0. The lowest BCUT2D eigenvalue weighted by Crippen LogP contribution is -2.30. The van der Waals surface area contributed by atoms with Gasteiger partial charge in [0.05, 0.1) is 17.1 Å². The summed E-state index contributed by atoms with van der Waals surface area (Å²) < 4.78 is 27.8. The SMILES string of the molecule is CC(C)CC(NC(=O)c1cccc(NS(=O)(=O)c2cccs2)c1)c1nc2ccccc2[nH]1. The number of amides is 1. The quantitative estimate of drug-likeness (QED) is 0.341. The molecule has 0 fully saturated rings. The number of rotatable bonds is 8. The number of hydrogen-bond acceptors (Lipinski definition) is 5. The molecule has 7 nitrogen and oxygen atoms in total. The fourth-order valence-electron chi connectivity index (χ4n) is 3.44. The number of hydrogen-bond donors (Lipinski definition) is 3. The minimum Gasteiger partial charge on any atom is -0.342 e. The molecule has 0 bridgehead atoms. The molecular weight excluding hydrogens is 444 g/mol. The lowest BCUT2D eigenvalue weighted by molar-refractivity contribution is 0.0930. The Morgan fingerprint density at radius 2 is 1.91 bits per heavy atom. The number of anilines is 1. The molecule has 166 valence electrons. The van der Waals surface area contributed by atoms with E-state index in [0.717, 1.165) is 22.4 Å². The number of carbonyl (C=O) groups is 1. The van der Waals surface area contributed by atoms with E-state index in [-0.39, 0.29) is 16.2 Å². The van der Waals surface area contributed by atoms with Gasteiger partial charge in [0.25, 0.3) is 15.9 Å². The predicted molar refractivity (Wildman–Crippen MR) is 127 cm³/mol. The second kappa shape index (κ2) is 9.13. The fraction of sp³-hybridized carbons (Fsp3) is 0.217. The summed E-state index contributed by atoms with van der Waals surface area (Å²) in [5.41, 5.74) is 2.45. The van der Waals surface area contributed by atoms with E-state index in [1.165, 1.54) is 12.1 Å². The molecule has 0 saturated heterocycles. The van der Waals surface area contributed by atoms with Crippen LogP contribution in [-0.2, 0) is 10.0 Å². The molecule has 2 aromatic heterocycles. The Hall–Kier alpha value is -3.17. The van der Waals surface area contributed by atoms with E-state index in [2.05, 4.69) is 33.9 Å². The summed E-state index contributed by atoms with van der Waals surface area (Å²) in [6.45, 7) is 4.17. The van der Waals surface area contributed by atoms with E-state index in [4.69, 9.17) is 0 Å². The van der Waals surface area contributed by atoms with Crippen LogP contribution in [0.4, 0.5) is 5.69 Å². The maximum absolute atomic E-state index is 13.0. The molecule has 0 aliphatic rings. The Morgan fingerprint density at radius 1 is 1.09 bits per heavy atom. The highest BCUT2D eigenvalue weighted by Gasteiger charge is 2.21. The van der Waals surface area contributed by atoms with Crippen molar-refractivity contribution in [2.45, 2.75) is 30.5 Å². The van der Waals surface area contributed by atoms with Crippen molar-refractivity contribution in [1.29, 1.82) is 0 Å². The molecule has 9 heteroatoms. The van der Waals surface area contributed by atoms with Gasteiger partial charge < -0.3 is 10.3 Å². The van der Waals surface area contributed by atoms with E-state index in [0.29, 0.717) is 29.4 Å². The highest BCUT2D eigenvalue weighted by atomic mass is 32.2. The Balaban J connectivity index is 1.55. The van der Waals surface area contributed by atoms with E-state index in [9.17, 15) is 13.2 Å². The maximum atomic E-state index is 13.0. The van der Waals surface area contributed by atoms with Gasteiger partial charge in [0.1, 0.15) is 10.0 Å². The highest BCUT2D eigenvalue weighted by molar-refractivity contribution is 7.94. The molecule has 0 saturated carbocycles. The third-order valence-corrected chi connectivity index (χ3v) is 7.67. The van der Waals surface area contributed by atoms with Crippen LogP contribution in [0, 0.1) is 5.92 Å². The molecule has 0 aliphatic heterocycles. The molecule has 4 rings (SSSR count). The van der Waals surface area contributed by atoms with Gasteiger partial charge in [-0.15, -0.1) is 11.3 Å². The summed E-state index contributed by atoms with van der Waals surface area (Å²) in [7, 11) is -3.69. The third-order valence-electron chi connectivity index (χ3n) is 4.89. The fourth-order valence-corrected chi connectivity index (χ4v) is 5.48. The van der Waals surface area contributed by atoms with Crippen LogP contribution in [0.2, 0.25) is 0 Å². The number of H-pyrrole nitrogens is 1. The second-order valence-corrected chi connectivity index (χ2v) is 10.8. The number of imidazole rings is 1. The number of nitrogens with zero attached hydrogens (tertiary/aromatic N) is 1. The van der Waals surface area contributed by atoms with Gasteiger partial charge in [-0.05, 0) is 54.1 Å². The molecule has 2 heterocycles. The minimum atomic E-state index is -3.69. The van der Waals surface area contributed by atoms with Crippen LogP contribution >= 0.6 is 11.3 Å². The van der Waals surface area contributed by atoms with E-state index in [1.54, 1.807) is 29.6 Å². The van der Waals surface area contributed by atoms with Crippen molar-refractivity contribution < 1.29 is 13.2 Å². The number of thiophene rings is 1. The standard InChI is InChI=1S/C23H24N4O3S2/c1-15(2)13-20(22-24-18-9-3-4-10-19(18)25-22)26-23(28)16-7-5-8-17(14-16)27-32(29,30)21-11-6-12-31-21/h3-12,14-15,20,27H,13H2,1-2H3,(H,24,25)(H,26,28). The average Bonchev–Trinajstić information content (AvgIpc) is 3.43. The minimum absolute atomic E-state index is 0.217. The number of sulfonamides is 1. The van der Waals surface area contributed by atoms with Crippen LogP contribution in [0.1, 0.15) is 42.5 Å². The molecule has 1 amide bonds. The summed E-state index contributed by atoms with van der Waals surface area (Å²) in [5.74, 6) is 0.730. The van der Waals surface area contributed by atoms with Crippen LogP contribution in [-0.4, -0.2) is 24.3 Å². The van der Waals surface area contributed by atoms with Gasteiger partial charge in [-0.25, -0.2) is 13.4 Å². The first kappa shape index (κ1) is 22.0. The van der Waals surface area contributed by atoms with E-state index >= 15 is 0 Å². The van der Waals surface area contributed by atoms with Crippen LogP contribution in [0.15, 0.2) is 70.3 Å². The first-order chi connectivity index (χ1) is 15.3. The zero-order valence-corrected chi connectivity index (χ0v) is 19.3. The Morgan fingerprint density at radius 3 is 2.62 bits per heavy atom. The normalized spacial score (nSPS) is 12.7. The van der Waals surface area contributed by atoms with Crippen molar-refractivity contribution in [1.82, 2.24) is 15.3 Å². The highest BCUT2D eigenvalue weighted by Crippen LogP contribution is 2.24. The van der Waals surface area contributed by atoms with Gasteiger partial charge in [-0.2, -0.15) is 0 Å². The molecule has 0 aliphatic carbocycles. The lowest BCUT2D eigenvalue weighted by Gasteiger charge is -2.19. The summed E-state index contributed by atoms with van der Waals surface area (Å²) in [6.07, 6.45) is 0.705. The summed E-state index contributed by atoms with van der Waals surface area (Å²) >= 11 is 1.13.